The summed E-state index contributed by atoms with van der Waals surface area (Å²) in [6.07, 6.45) is 0. The third-order valence-electron chi connectivity index (χ3n) is 2.53. The van der Waals surface area contributed by atoms with Crippen LogP contribution in [0.25, 0.3) is 0 Å². The number of thiazole rings is 1. The Morgan fingerprint density at radius 2 is 2.20 bits per heavy atom. The number of rotatable bonds is 5. The minimum atomic E-state index is -0.770. The zero-order valence-electron chi connectivity index (χ0n) is 10.7. The molecule has 0 bridgehead atoms. The second-order valence-electron chi connectivity index (χ2n) is 4.10. The van der Waals surface area contributed by atoms with E-state index >= 15 is 0 Å². The molecule has 2 aromatic rings. The van der Waals surface area contributed by atoms with Crippen LogP contribution in [0.2, 0.25) is 5.02 Å². The number of carbonyl (C=O) groups excluding carboxylic acids is 1. The maximum absolute atomic E-state index is 12.1. The van der Waals surface area contributed by atoms with Crippen LogP contribution < -0.4 is 0 Å². The summed E-state index contributed by atoms with van der Waals surface area (Å²) in [6, 6.07) is 9.31. The predicted octanol–water partition coefficient (Wildman–Crippen LogP) is 4.07. The van der Waals surface area contributed by atoms with Gasteiger partial charge in [0.2, 0.25) is 0 Å². The van der Waals surface area contributed by atoms with Gasteiger partial charge in [-0.25, -0.2) is 4.98 Å². The van der Waals surface area contributed by atoms with Crippen LogP contribution in [0.5, 0.6) is 0 Å². The minimum Gasteiger partial charge on any atom is -0.297 e. The number of ketones is 1. The van der Waals surface area contributed by atoms with Gasteiger partial charge in [-0.2, -0.15) is 5.26 Å². The third-order valence-corrected chi connectivity index (χ3v) is 4.84. The molecule has 0 aliphatic heterocycles. The van der Waals surface area contributed by atoms with Gasteiger partial charge in [0.05, 0.1) is 11.8 Å². The molecule has 1 heterocycles. The van der Waals surface area contributed by atoms with Gasteiger partial charge >= 0.3 is 0 Å². The van der Waals surface area contributed by atoms with E-state index in [1.165, 1.54) is 23.1 Å². The molecule has 0 aliphatic rings. The van der Waals surface area contributed by atoms with Crippen molar-refractivity contribution in [3.8, 4) is 6.07 Å². The smallest absolute Gasteiger partial charge is 0.167 e. The van der Waals surface area contributed by atoms with E-state index in [1.807, 2.05) is 30.5 Å². The van der Waals surface area contributed by atoms with Crippen molar-refractivity contribution in [2.75, 3.05) is 5.75 Å². The molecule has 0 saturated carbocycles. The van der Waals surface area contributed by atoms with Gasteiger partial charge in [0, 0.05) is 21.0 Å². The molecule has 20 heavy (non-hydrogen) atoms. The topological polar surface area (TPSA) is 53.8 Å². The van der Waals surface area contributed by atoms with Crippen LogP contribution in [0.1, 0.15) is 16.6 Å². The van der Waals surface area contributed by atoms with Gasteiger partial charge in [-0.15, -0.1) is 23.1 Å². The number of aromatic nitrogens is 1. The molecule has 0 fully saturated rings. The summed E-state index contributed by atoms with van der Waals surface area (Å²) in [7, 11) is 0. The second-order valence-corrected chi connectivity index (χ2v) is 6.47. The number of hydrogen-bond acceptors (Lipinski definition) is 5. The summed E-state index contributed by atoms with van der Waals surface area (Å²) in [6.45, 7) is 1.85. The van der Waals surface area contributed by atoms with Crippen LogP contribution in [-0.2, 0) is 4.79 Å². The fraction of sp³-hybridized carbons (Fsp3) is 0.214. The quantitative estimate of drug-likeness (QED) is 0.778. The fourth-order valence-electron chi connectivity index (χ4n) is 1.54. The Labute approximate surface area is 130 Å². The average molecular weight is 323 g/mol. The van der Waals surface area contributed by atoms with Gasteiger partial charge in [-0.1, -0.05) is 11.6 Å². The van der Waals surface area contributed by atoms with Crippen LogP contribution in [-0.4, -0.2) is 16.5 Å². The Hall–Kier alpha value is -1.35. The number of nitriles is 1. The van der Waals surface area contributed by atoms with Crippen LogP contribution in [0.15, 0.2) is 34.5 Å². The van der Waals surface area contributed by atoms with E-state index in [9.17, 15) is 4.79 Å². The molecule has 0 unspecified atom stereocenters. The fourth-order valence-corrected chi connectivity index (χ4v) is 3.33. The molecule has 6 heteroatoms. The molecule has 0 radical (unpaired) electrons. The van der Waals surface area contributed by atoms with E-state index in [0.29, 0.717) is 10.0 Å². The molecule has 1 aromatic carbocycles. The molecule has 102 valence electrons. The summed E-state index contributed by atoms with van der Waals surface area (Å²) in [5.41, 5.74) is 0.836. The monoisotopic (exact) mass is 322 g/mol. The first kappa shape index (κ1) is 15.0. The molecule has 0 spiro atoms. The van der Waals surface area contributed by atoms with Gasteiger partial charge < -0.3 is 0 Å². The Balaban J connectivity index is 2.00. The van der Waals surface area contributed by atoms with Crippen molar-refractivity contribution in [1.82, 2.24) is 4.98 Å². The number of nitrogens with zero attached hydrogens (tertiary/aromatic N) is 2. The summed E-state index contributed by atoms with van der Waals surface area (Å²) >= 11 is 8.56. The number of hydrogen-bond donors (Lipinski definition) is 0. The summed E-state index contributed by atoms with van der Waals surface area (Å²) in [4.78, 5) is 17.3. The standard InChI is InChI=1S/C14H11ClN2OS2/c1-9-7-20-14(17-9)12(6-16)13(18)8-19-11-4-2-10(15)3-5-11/h2-5,7,12H,8H2,1H3/t12-/m0/s1. The number of carbonyl (C=O) groups is 1. The third kappa shape index (κ3) is 3.83. The lowest BCUT2D eigenvalue weighted by Crippen LogP contribution is -2.13. The Morgan fingerprint density at radius 3 is 2.75 bits per heavy atom. The molecular formula is C14H11ClN2OS2. The van der Waals surface area contributed by atoms with E-state index < -0.39 is 5.92 Å². The number of halogens is 1. The lowest BCUT2D eigenvalue weighted by Gasteiger charge is -2.05. The lowest BCUT2D eigenvalue weighted by molar-refractivity contribution is -0.116. The van der Waals surface area contributed by atoms with E-state index in [-0.39, 0.29) is 11.5 Å². The van der Waals surface area contributed by atoms with Crippen molar-refractivity contribution >= 4 is 40.5 Å². The number of Topliss-reactive ketones (excluding diaryl/α,β-unsaturated/α-hetero) is 1. The van der Waals surface area contributed by atoms with Gasteiger partial charge in [0.25, 0.3) is 0 Å². The maximum Gasteiger partial charge on any atom is 0.167 e. The van der Waals surface area contributed by atoms with Crippen LogP contribution in [0.3, 0.4) is 0 Å². The first-order valence-corrected chi connectivity index (χ1v) is 8.07. The first-order valence-electron chi connectivity index (χ1n) is 5.83. The average Bonchev–Trinajstić information content (AvgIpc) is 2.85. The van der Waals surface area contributed by atoms with E-state index in [4.69, 9.17) is 16.9 Å². The number of aryl methyl sites for hydroxylation is 1. The Bertz CT molecular complexity index is 646. The van der Waals surface area contributed by atoms with Gasteiger partial charge in [-0.05, 0) is 31.2 Å². The molecule has 1 aromatic heterocycles. The summed E-state index contributed by atoms with van der Waals surface area (Å²) in [5, 5.41) is 12.2. The maximum atomic E-state index is 12.1. The van der Waals surface area contributed by atoms with Crippen LogP contribution >= 0.6 is 34.7 Å². The van der Waals surface area contributed by atoms with Crippen molar-refractivity contribution in [2.45, 2.75) is 17.7 Å². The molecule has 0 saturated heterocycles. The van der Waals surface area contributed by atoms with Gasteiger partial charge in [0.1, 0.15) is 5.01 Å². The van der Waals surface area contributed by atoms with Crippen LogP contribution in [0.4, 0.5) is 0 Å². The predicted molar refractivity (Wildman–Crippen MR) is 82.4 cm³/mol. The molecule has 3 nitrogen and oxygen atoms in total. The Morgan fingerprint density at radius 1 is 1.50 bits per heavy atom. The molecule has 0 amide bonds. The molecule has 0 N–H and O–H groups in total. The van der Waals surface area contributed by atoms with E-state index in [2.05, 4.69) is 4.98 Å². The summed E-state index contributed by atoms with van der Waals surface area (Å²) < 4.78 is 0. The zero-order valence-corrected chi connectivity index (χ0v) is 13.1. The van der Waals surface area contributed by atoms with E-state index in [0.717, 1.165) is 10.6 Å². The molecule has 0 aliphatic carbocycles. The highest BCUT2D eigenvalue weighted by atomic mass is 35.5. The molecular weight excluding hydrogens is 312 g/mol. The SMILES string of the molecule is Cc1csc([C@@H](C#N)C(=O)CSc2ccc(Cl)cc2)n1. The highest BCUT2D eigenvalue weighted by Gasteiger charge is 2.23. The Kier molecular flexibility index (Phi) is 5.18. The van der Waals surface area contributed by atoms with Crippen molar-refractivity contribution in [3.63, 3.8) is 0 Å². The lowest BCUT2D eigenvalue weighted by atomic mass is 10.1. The van der Waals surface area contributed by atoms with Crippen molar-refractivity contribution in [1.29, 1.82) is 5.26 Å². The zero-order chi connectivity index (χ0) is 14.5. The molecule has 1 atom stereocenters. The minimum absolute atomic E-state index is 0.123. The van der Waals surface area contributed by atoms with Gasteiger partial charge in [-0.3, -0.25) is 4.79 Å². The normalized spacial score (nSPS) is 11.8. The number of benzene rings is 1. The summed E-state index contributed by atoms with van der Waals surface area (Å²) in [5.74, 6) is -0.645. The molecule has 2 rings (SSSR count). The number of thioether (sulfide) groups is 1. The van der Waals surface area contributed by atoms with Crippen LogP contribution in [0, 0.1) is 18.3 Å². The highest BCUT2D eigenvalue weighted by Crippen LogP contribution is 2.25. The highest BCUT2D eigenvalue weighted by molar-refractivity contribution is 8.00. The van der Waals surface area contributed by atoms with Crippen molar-refractivity contribution < 1.29 is 4.79 Å². The van der Waals surface area contributed by atoms with Gasteiger partial charge in [0.15, 0.2) is 11.7 Å². The van der Waals surface area contributed by atoms with Crippen molar-refractivity contribution in [3.05, 3.63) is 45.4 Å². The first-order chi connectivity index (χ1) is 9.60. The second kappa shape index (κ2) is 6.89. The van der Waals surface area contributed by atoms with E-state index in [1.54, 1.807) is 12.1 Å². The largest absolute Gasteiger partial charge is 0.297 e. The van der Waals surface area contributed by atoms with Crippen molar-refractivity contribution in [2.24, 2.45) is 0 Å².